The van der Waals surface area contributed by atoms with E-state index in [-0.39, 0.29) is 22.6 Å². The minimum Gasteiger partial charge on any atom is -0.351 e. The van der Waals surface area contributed by atoms with E-state index in [1.165, 1.54) is 17.3 Å². The number of benzene rings is 2. The molecule has 6 heteroatoms. The Bertz CT molecular complexity index is 1320. The summed E-state index contributed by atoms with van der Waals surface area (Å²) < 4.78 is 1.74. The molecule has 5 nitrogen and oxygen atoms in total. The van der Waals surface area contributed by atoms with Crippen molar-refractivity contribution in [2.45, 2.75) is 62.7 Å². The number of hydrogen-bond acceptors (Lipinski definition) is 4. The number of aromatic nitrogens is 2. The lowest BCUT2D eigenvalue weighted by atomic mass is 9.68. The highest BCUT2D eigenvalue weighted by atomic mass is 32.2. The van der Waals surface area contributed by atoms with Gasteiger partial charge in [-0.15, -0.1) is 0 Å². The first-order chi connectivity index (χ1) is 17.0. The summed E-state index contributed by atoms with van der Waals surface area (Å²) in [5.41, 5.74) is 5.83. The minimum atomic E-state index is -0.138. The van der Waals surface area contributed by atoms with Gasteiger partial charge in [-0.1, -0.05) is 91.4 Å². The Morgan fingerprint density at radius 2 is 1.83 bits per heavy atom. The van der Waals surface area contributed by atoms with Gasteiger partial charge in [0, 0.05) is 24.1 Å². The molecule has 0 bridgehead atoms. The molecule has 35 heavy (non-hydrogen) atoms. The third-order valence-corrected chi connectivity index (χ3v) is 8.10. The fraction of sp³-hybridized carbons (Fsp3) is 0.345. The number of amides is 1. The molecule has 2 aliphatic carbocycles. The second kappa shape index (κ2) is 9.86. The van der Waals surface area contributed by atoms with E-state index in [9.17, 15) is 9.59 Å². The number of rotatable bonds is 7. The lowest BCUT2D eigenvalue weighted by molar-refractivity contribution is -0.118. The van der Waals surface area contributed by atoms with Gasteiger partial charge in [0.2, 0.25) is 5.91 Å². The standard InChI is InChI=1S/C29H31N3O2S/c1-20(2)18-32-27(34)25-26(23-13-7-6-12-22(23)16-29(25)14-8-9-15-29)31-28(32)35-19-24(33)30-17-21-10-4-3-5-11-21/h3-7,10-13H,1,8-9,14-19H2,2H3,(H,30,33). The number of fused-ring (bicyclic) bond motifs is 4. The van der Waals surface area contributed by atoms with Gasteiger partial charge in [0.25, 0.3) is 5.56 Å². The van der Waals surface area contributed by atoms with E-state index in [1.54, 1.807) is 4.57 Å². The highest BCUT2D eigenvalue weighted by molar-refractivity contribution is 7.99. The van der Waals surface area contributed by atoms with Crippen molar-refractivity contribution < 1.29 is 4.79 Å². The summed E-state index contributed by atoms with van der Waals surface area (Å²) in [6.07, 6.45) is 5.22. The molecule has 1 aromatic heterocycles. The molecule has 1 heterocycles. The SMILES string of the molecule is C=C(C)Cn1c(SCC(=O)NCc2ccccc2)nc2c(c1=O)C1(CCCC1)Cc1ccccc1-2. The second-order valence-electron chi connectivity index (χ2n) is 9.84. The lowest BCUT2D eigenvalue weighted by Gasteiger charge is -2.36. The van der Waals surface area contributed by atoms with Gasteiger partial charge in [-0.2, -0.15) is 0 Å². The zero-order chi connectivity index (χ0) is 24.4. The van der Waals surface area contributed by atoms with Crippen LogP contribution in [-0.2, 0) is 29.7 Å². The summed E-state index contributed by atoms with van der Waals surface area (Å²) >= 11 is 1.32. The fourth-order valence-corrected chi connectivity index (χ4v) is 6.36. The van der Waals surface area contributed by atoms with Gasteiger partial charge in [0.05, 0.1) is 17.0 Å². The van der Waals surface area contributed by atoms with Crippen molar-refractivity contribution in [2.24, 2.45) is 0 Å². The Balaban J connectivity index is 1.50. The van der Waals surface area contributed by atoms with Crippen LogP contribution in [0.3, 0.4) is 0 Å². The average Bonchev–Trinajstić information content (AvgIpc) is 3.32. The average molecular weight is 486 g/mol. The van der Waals surface area contributed by atoms with Gasteiger partial charge in [-0.25, -0.2) is 4.98 Å². The quantitative estimate of drug-likeness (QED) is 0.282. The first-order valence-electron chi connectivity index (χ1n) is 12.3. The summed E-state index contributed by atoms with van der Waals surface area (Å²) in [6.45, 7) is 6.86. The highest BCUT2D eigenvalue weighted by Crippen LogP contribution is 2.49. The molecule has 0 saturated heterocycles. The van der Waals surface area contributed by atoms with Crippen LogP contribution in [0.2, 0.25) is 0 Å². The maximum absolute atomic E-state index is 14.1. The Morgan fingerprint density at radius 1 is 1.11 bits per heavy atom. The molecule has 1 N–H and O–H groups in total. The molecule has 0 atom stereocenters. The van der Waals surface area contributed by atoms with Crippen molar-refractivity contribution in [1.29, 1.82) is 0 Å². The van der Waals surface area contributed by atoms with E-state index < -0.39 is 0 Å². The highest BCUT2D eigenvalue weighted by Gasteiger charge is 2.44. The molecule has 5 rings (SSSR count). The van der Waals surface area contributed by atoms with Gasteiger partial charge >= 0.3 is 0 Å². The number of carbonyl (C=O) groups excluding carboxylic acids is 1. The normalized spacial score (nSPS) is 15.5. The van der Waals surface area contributed by atoms with E-state index in [0.29, 0.717) is 18.2 Å². The monoisotopic (exact) mass is 485 g/mol. The van der Waals surface area contributed by atoms with Crippen molar-refractivity contribution in [2.75, 3.05) is 5.75 Å². The molecule has 3 aromatic rings. The second-order valence-corrected chi connectivity index (χ2v) is 10.8. The summed E-state index contributed by atoms with van der Waals surface area (Å²) in [6, 6.07) is 18.2. The van der Waals surface area contributed by atoms with E-state index in [2.05, 4.69) is 30.1 Å². The number of allylic oxidation sites excluding steroid dienone is 1. The first kappa shape index (κ1) is 23.6. The van der Waals surface area contributed by atoms with Crippen molar-refractivity contribution >= 4 is 17.7 Å². The summed E-state index contributed by atoms with van der Waals surface area (Å²) in [7, 11) is 0. The van der Waals surface area contributed by atoms with Gasteiger partial charge in [-0.05, 0) is 37.3 Å². The van der Waals surface area contributed by atoms with Crippen LogP contribution >= 0.6 is 11.8 Å². The number of nitrogens with one attached hydrogen (secondary N) is 1. The van der Waals surface area contributed by atoms with Crippen LogP contribution in [-0.4, -0.2) is 21.2 Å². The Kier molecular flexibility index (Phi) is 6.65. The van der Waals surface area contributed by atoms with E-state index in [4.69, 9.17) is 4.98 Å². The van der Waals surface area contributed by atoms with Crippen LogP contribution in [0, 0.1) is 0 Å². The molecule has 1 fully saturated rings. The summed E-state index contributed by atoms with van der Waals surface area (Å²) in [5.74, 6) is 0.112. The Morgan fingerprint density at radius 3 is 2.57 bits per heavy atom. The molecule has 1 amide bonds. The van der Waals surface area contributed by atoms with E-state index in [0.717, 1.165) is 60.1 Å². The van der Waals surface area contributed by atoms with Crippen LogP contribution in [0.1, 0.15) is 49.3 Å². The van der Waals surface area contributed by atoms with Crippen molar-refractivity contribution in [3.05, 3.63) is 93.8 Å². The summed E-state index contributed by atoms with van der Waals surface area (Å²) in [5, 5.41) is 3.55. The molecule has 1 saturated carbocycles. The van der Waals surface area contributed by atoms with Gasteiger partial charge in [-0.3, -0.25) is 14.2 Å². The zero-order valence-corrected chi connectivity index (χ0v) is 21.0. The Hall–Kier alpha value is -3.12. The number of nitrogens with zero attached hydrogens (tertiary/aromatic N) is 2. The largest absolute Gasteiger partial charge is 0.351 e. The van der Waals surface area contributed by atoms with Crippen molar-refractivity contribution in [1.82, 2.24) is 14.9 Å². The third-order valence-electron chi connectivity index (χ3n) is 7.12. The predicted octanol–water partition coefficient (Wildman–Crippen LogP) is 5.26. The van der Waals surface area contributed by atoms with E-state index >= 15 is 0 Å². The maximum atomic E-state index is 14.1. The molecule has 0 radical (unpaired) electrons. The van der Waals surface area contributed by atoms with Gasteiger partial charge in [0.1, 0.15) is 0 Å². The van der Waals surface area contributed by atoms with E-state index in [1.807, 2.05) is 43.3 Å². The predicted molar refractivity (Wildman–Crippen MR) is 142 cm³/mol. The molecular formula is C29H31N3O2S. The molecule has 0 unspecified atom stereocenters. The number of thioether (sulfide) groups is 1. The number of hydrogen-bond donors (Lipinski definition) is 1. The number of carbonyl (C=O) groups is 1. The van der Waals surface area contributed by atoms with Crippen molar-refractivity contribution in [3.63, 3.8) is 0 Å². The van der Waals surface area contributed by atoms with Crippen LogP contribution in [0.5, 0.6) is 0 Å². The molecule has 2 aliphatic rings. The van der Waals surface area contributed by atoms with Crippen LogP contribution in [0.15, 0.2) is 76.7 Å². The van der Waals surface area contributed by atoms with Crippen LogP contribution in [0.25, 0.3) is 11.3 Å². The molecule has 1 spiro atoms. The molecule has 0 aliphatic heterocycles. The third kappa shape index (κ3) is 4.72. The lowest BCUT2D eigenvalue weighted by Crippen LogP contribution is -2.40. The molecule has 180 valence electrons. The molecule has 2 aromatic carbocycles. The van der Waals surface area contributed by atoms with Crippen molar-refractivity contribution in [3.8, 4) is 11.3 Å². The zero-order valence-electron chi connectivity index (χ0n) is 20.2. The van der Waals surface area contributed by atoms with Gasteiger partial charge in [0.15, 0.2) is 5.16 Å². The Labute approximate surface area is 210 Å². The smallest absolute Gasteiger partial charge is 0.258 e. The topological polar surface area (TPSA) is 64.0 Å². The molecular weight excluding hydrogens is 454 g/mol. The first-order valence-corrected chi connectivity index (χ1v) is 13.3. The minimum absolute atomic E-state index is 0.0293. The fourth-order valence-electron chi connectivity index (χ4n) is 5.54. The van der Waals surface area contributed by atoms with Crippen LogP contribution in [0.4, 0.5) is 0 Å². The maximum Gasteiger partial charge on any atom is 0.258 e. The van der Waals surface area contributed by atoms with Gasteiger partial charge < -0.3 is 5.32 Å². The summed E-state index contributed by atoms with van der Waals surface area (Å²) in [4.78, 5) is 31.8. The van der Waals surface area contributed by atoms with Crippen LogP contribution < -0.4 is 10.9 Å².